The summed E-state index contributed by atoms with van der Waals surface area (Å²) in [5.41, 5.74) is 1.18. The summed E-state index contributed by atoms with van der Waals surface area (Å²) in [6.07, 6.45) is 0.917. The van der Waals surface area contributed by atoms with Crippen LogP contribution in [0.25, 0.3) is 0 Å². The number of carbonyl (C=O) groups is 2. The molecule has 0 aromatic heterocycles. The molecule has 1 amide bonds. The summed E-state index contributed by atoms with van der Waals surface area (Å²) in [6.45, 7) is 3.19. The zero-order valence-electron chi connectivity index (χ0n) is 10.6. The van der Waals surface area contributed by atoms with Crippen LogP contribution in [0.1, 0.15) is 19.8 Å². The highest BCUT2D eigenvalue weighted by Gasteiger charge is 2.24. The molecule has 2 rings (SSSR count). The number of Topliss-reactive ketones (excluding diaryl/α,β-unsaturated/α-hetero) is 1. The molecule has 1 fully saturated rings. The minimum Gasteiger partial charge on any atom is -0.369 e. The second-order valence-corrected chi connectivity index (χ2v) is 4.71. The molecule has 1 aliphatic rings. The molecule has 0 aliphatic carbocycles. The van der Waals surface area contributed by atoms with E-state index in [4.69, 9.17) is 0 Å². The molecular weight excluding hydrogens is 228 g/mol. The molecule has 1 N–H and O–H groups in total. The first kappa shape index (κ1) is 12.6. The SMILES string of the molecule is CC(=O)CC(=O)NC1CCN(c2ccccc2)C1. The van der Waals surface area contributed by atoms with Crippen molar-refractivity contribution in [1.82, 2.24) is 5.32 Å². The van der Waals surface area contributed by atoms with Crippen molar-refractivity contribution in [2.45, 2.75) is 25.8 Å². The van der Waals surface area contributed by atoms with Gasteiger partial charge in [-0.15, -0.1) is 0 Å². The van der Waals surface area contributed by atoms with Crippen LogP contribution in [0.15, 0.2) is 30.3 Å². The van der Waals surface area contributed by atoms with Crippen molar-refractivity contribution in [3.05, 3.63) is 30.3 Å². The number of benzene rings is 1. The Morgan fingerprint density at radius 2 is 2.06 bits per heavy atom. The van der Waals surface area contributed by atoms with Gasteiger partial charge in [-0.3, -0.25) is 9.59 Å². The van der Waals surface area contributed by atoms with Crippen molar-refractivity contribution < 1.29 is 9.59 Å². The van der Waals surface area contributed by atoms with E-state index in [-0.39, 0.29) is 24.2 Å². The van der Waals surface area contributed by atoms with E-state index in [1.807, 2.05) is 18.2 Å². The molecule has 1 aliphatic heterocycles. The van der Waals surface area contributed by atoms with Gasteiger partial charge in [0.2, 0.25) is 5.91 Å². The zero-order valence-corrected chi connectivity index (χ0v) is 10.6. The number of rotatable bonds is 4. The van der Waals surface area contributed by atoms with Gasteiger partial charge in [0, 0.05) is 24.8 Å². The van der Waals surface area contributed by atoms with Crippen molar-refractivity contribution in [3.63, 3.8) is 0 Å². The molecule has 1 unspecified atom stereocenters. The lowest BCUT2D eigenvalue weighted by atomic mass is 10.2. The topological polar surface area (TPSA) is 49.4 Å². The summed E-state index contributed by atoms with van der Waals surface area (Å²) >= 11 is 0. The van der Waals surface area contributed by atoms with Crippen molar-refractivity contribution in [2.75, 3.05) is 18.0 Å². The highest BCUT2D eigenvalue weighted by atomic mass is 16.2. The Labute approximate surface area is 107 Å². The molecule has 0 saturated carbocycles. The molecule has 18 heavy (non-hydrogen) atoms. The number of anilines is 1. The molecule has 4 nitrogen and oxygen atoms in total. The monoisotopic (exact) mass is 246 g/mol. The molecule has 0 radical (unpaired) electrons. The first-order valence-electron chi connectivity index (χ1n) is 6.24. The van der Waals surface area contributed by atoms with E-state index in [9.17, 15) is 9.59 Å². The van der Waals surface area contributed by atoms with Crippen molar-refractivity contribution in [3.8, 4) is 0 Å². The number of nitrogens with zero attached hydrogens (tertiary/aromatic N) is 1. The third-order valence-corrected chi connectivity index (χ3v) is 3.08. The lowest BCUT2D eigenvalue weighted by Crippen LogP contribution is -2.37. The maximum Gasteiger partial charge on any atom is 0.227 e. The summed E-state index contributed by atoms with van der Waals surface area (Å²) < 4.78 is 0. The normalized spacial score (nSPS) is 18.7. The zero-order chi connectivity index (χ0) is 13.0. The summed E-state index contributed by atoms with van der Waals surface area (Å²) in [7, 11) is 0. The van der Waals surface area contributed by atoms with Crippen LogP contribution in [-0.4, -0.2) is 30.8 Å². The average molecular weight is 246 g/mol. The Hall–Kier alpha value is -1.84. The minimum atomic E-state index is -0.164. The fraction of sp³-hybridized carbons (Fsp3) is 0.429. The van der Waals surface area contributed by atoms with Gasteiger partial charge in [0.05, 0.1) is 6.42 Å². The predicted octanol–water partition coefficient (Wildman–Crippen LogP) is 1.36. The van der Waals surface area contributed by atoms with Crippen molar-refractivity contribution in [1.29, 1.82) is 0 Å². The number of hydrogen-bond donors (Lipinski definition) is 1. The van der Waals surface area contributed by atoms with E-state index in [0.717, 1.165) is 19.5 Å². The number of ketones is 1. The van der Waals surface area contributed by atoms with E-state index in [2.05, 4.69) is 22.3 Å². The molecule has 0 spiro atoms. The molecular formula is C14H18N2O2. The molecule has 1 heterocycles. The van der Waals surface area contributed by atoms with Crippen LogP contribution in [0, 0.1) is 0 Å². The van der Waals surface area contributed by atoms with Crippen molar-refractivity contribution >= 4 is 17.4 Å². The highest BCUT2D eigenvalue weighted by molar-refractivity contribution is 5.96. The molecule has 1 saturated heterocycles. The van der Waals surface area contributed by atoms with Gasteiger partial charge in [0.1, 0.15) is 5.78 Å². The molecule has 96 valence electrons. The summed E-state index contributed by atoms with van der Waals surface area (Å²) in [5, 5.41) is 2.91. The predicted molar refractivity (Wildman–Crippen MR) is 70.5 cm³/mol. The third-order valence-electron chi connectivity index (χ3n) is 3.08. The van der Waals surface area contributed by atoms with Crippen LogP contribution in [0.5, 0.6) is 0 Å². The highest BCUT2D eigenvalue weighted by Crippen LogP contribution is 2.19. The Balaban J connectivity index is 1.85. The second kappa shape index (κ2) is 5.67. The fourth-order valence-corrected chi connectivity index (χ4v) is 2.26. The first-order valence-corrected chi connectivity index (χ1v) is 6.24. The number of carbonyl (C=O) groups excluding carboxylic acids is 2. The van der Waals surface area contributed by atoms with Gasteiger partial charge in [-0.05, 0) is 25.5 Å². The van der Waals surface area contributed by atoms with Crippen LogP contribution in [0.2, 0.25) is 0 Å². The van der Waals surface area contributed by atoms with Gasteiger partial charge in [-0.2, -0.15) is 0 Å². The van der Waals surface area contributed by atoms with Gasteiger partial charge in [0.25, 0.3) is 0 Å². The standard InChI is InChI=1S/C14H18N2O2/c1-11(17)9-14(18)15-12-7-8-16(10-12)13-5-3-2-4-6-13/h2-6,12H,7-10H2,1H3,(H,15,18). The third kappa shape index (κ3) is 3.32. The number of hydrogen-bond acceptors (Lipinski definition) is 3. The van der Waals surface area contributed by atoms with Gasteiger partial charge in [-0.1, -0.05) is 18.2 Å². The maximum absolute atomic E-state index is 11.5. The molecule has 1 aromatic carbocycles. The summed E-state index contributed by atoms with van der Waals surface area (Å²) in [6, 6.07) is 10.3. The van der Waals surface area contributed by atoms with Crippen LogP contribution in [0.4, 0.5) is 5.69 Å². The van der Waals surface area contributed by atoms with Crippen molar-refractivity contribution in [2.24, 2.45) is 0 Å². The Morgan fingerprint density at radius 3 is 2.72 bits per heavy atom. The Kier molecular flexibility index (Phi) is 3.97. The largest absolute Gasteiger partial charge is 0.369 e. The van der Waals surface area contributed by atoms with Crippen LogP contribution >= 0.6 is 0 Å². The quantitative estimate of drug-likeness (QED) is 0.816. The fourth-order valence-electron chi connectivity index (χ4n) is 2.26. The van der Waals surface area contributed by atoms with Gasteiger partial charge in [0.15, 0.2) is 0 Å². The molecule has 0 bridgehead atoms. The van der Waals surface area contributed by atoms with E-state index in [1.54, 1.807) is 0 Å². The number of nitrogens with one attached hydrogen (secondary N) is 1. The second-order valence-electron chi connectivity index (χ2n) is 4.71. The minimum absolute atomic E-state index is 0.0121. The van der Waals surface area contributed by atoms with Gasteiger partial charge in [-0.25, -0.2) is 0 Å². The van der Waals surface area contributed by atoms with E-state index in [1.165, 1.54) is 12.6 Å². The molecule has 1 aromatic rings. The Bertz CT molecular complexity index is 431. The van der Waals surface area contributed by atoms with Gasteiger partial charge >= 0.3 is 0 Å². The lowest BCUT2D eigenvalue weighted by molar-refractivity contribution is -0.127. The molecule has 1 atom stereocenters. The van der Waals surface area contributed by atoms with Gasteiger partial charge < -0.3 is 10.2 Å². The lowest BCUT2D eigenvalue weighted by Gasteiger charge is -2.18. The van der Waals surface area contributed by atoms with E-state index < -0.39 is 0 Å². The van der Waals surface area contributed by atoms with E-state index in [0.29, 0.717) is 0 Å². The summed E-state index contributed by atoms with van der Waals surface area (Å²) in [5.74, 6) is -0.257. The average Bonchev–Trinajstić information content (AvgIpc) is 2.77. The summed E-state index contributed by atoms with van der Waals surface area (Å²) in [4.78, 5) is 24.6. The molecule has 4 heteroatoms. The van der Waals surface area contributed by atoms with Crippen LogP contribution in [-0.2, 0) is 9.59 Å². The van der Waals surface area contributed by atoms with E-state index >= 15 is 0 Å². The Morgan fingerprint density at radius 1 is 1.33 bits per heavy atom. The maximum atomic E-state index is 11.5. The first-order chi connectivity index (χ1) is 8.65. The smallest absolute Gasteiger partial charge is 0.227 e. The van der Waals surface area contributed by atoms with Crippen LogP contribution < -0.4 is 10.2 Å². The number of para-hydroxylation sites is 1. The van der Waals surface area contributed by atoms with Crippen LogP contribution in [0.3, 0.4) is 0 Å². The number of amides is 1.